The van der Waals surface area contributed by atoms with Crippen LogP contribution in [0.5, 0.6) is 0 Å². The number of amides is 2. The van der Waals surface area contributed by atoms with E-state index in [-0.39, 0.29) is 23.7 Å². The molecule has 0 aromatic rings. The molecular formula is C15H29N3O2. The van der Waals surface area contributed by atoms with Gasteiger partial charge in [0, 0.05) is 19.6 Å². The minimum Gasteiger partial charge on any atom is -0.356 e. The van der Waals surface area contributed by atoms with Crippen molar-refractivity contribution in [2.45, 2.75) is 52.5 Å². The van der Waals surface area contributed by atoms with E-state index in [0.717, 1.165) is 32.2 Å². The molecule has 0 aromatic carbocycles. The van der Waals surface area contributed by atoms with Crippen LogP contribution in [0.2, 0.25) is 0 Å². The summed E-state index contributed by atoms with van der Waals surface area (Å²) in [5.41, 5.74) is 6.01. The van der Waals surface area contributed by atoms with E-state index < -0.39 is 6.04 Å². The highest BCUT2D eigenvalue weighted by Crippen LogP contribution is 2.19. The molecule has 20 heavy (non-hydrogen) atoms. The average Bonchev–Trinajstić information content (AvgIpc) is 2.50. The van der Waals surface area contributed by atoms with Gasteiger partial charge in [-0.3, -0.25) is 9.59 Å². The molecule has 1 aliphatic heterocycles. The molecule has 3 N–H and O–H groups in total. The molecule has 1 fully saturated rings. The summed E-state index contributed by atoms with van der Waals surface area (Å²) in [7, 11) is 0. The highest BCUT2D eigenvalue weighted by molar-refractivity contribution is 5.84. The third-order valence-electron chi connectivity index (χ3n) is 4.20. The number of nitrogens with two attached hydrogens (primary N) is 1. The lowest BCUT2D eigenvalue weighted by Gasteiger charge is -2.34. The third-order valence-corrected chi connectivity index (χ3v) is 4.20. The molecule has 0 radical (unpaired) electrons. The first kappa shape index (κ1) is 17.0. The van der Waals surface area contributed by atoms with Crippen molar-refractivity contribution in [3.63, 3.8) is 0 Å². The SMILES string of the molecule is CCCNC(=O)C1CCCN(C(=O)C(N)C(C)CC)C1. The minimum atomic E-state index is -0.447. The predicted molar refractivity (Wildman–Crippen MR) is 80.0 cm³/mol. The van der Waals surface area contributed by atoms with E-state index >= 15 is 0 Å². The van der Waals surface area contributed by atoms with Crippen LogP contribution in [0.4, 0.5) is 0 Å². The van der Waals surface area contributed by atoms with Crippen LogP contribution in [0.15, 0.2) is 0 Å². The Morgan fingerprint density at radius 2 is 2.10 bits per heavy atom. The van der Waals surface area contributed by atoms with Crippen molar-refractivity contribution in [2.75, 3.05) is 19.6 Å². The normalized spacial score (nSPS) is 22.2. The van der Waals surface area contributed by atoms with Crippen molar-refractivity contribution in [2.24, 2.45) is 17.6 Å². The second kappa shape index (κ2) is 8.25. The highest BCUT2D eigenvalue weighted by atomic mass is 16.2. The van der Waals surface area contributed by atoms with Crippen LogP contribution in [0.3, 0.4) is 0 Å². The fourth-order valence-corrected chi connectivity index (χ4v) is 2.49. The van der Waals surface area contributed by atoms with Crippen molar-refractivity contribution >= 4 is 11.8 Å². The minimum absolute atomic E-state index is 0.00709. The predicted octanol–water partition coefficient (Wildman–Crippen LogP) is 1.12. The number of piperidine rings is 1. The van der Waals surface area contributed by atoms with Gasteiger partial charge < -0.3 is 16.0 Å². The summed E-state index contributed by atoms with van der Waals surface area (Å²) in [5.74, 6) is 0.161. The number of carbonyl (C=O) groups excluding carboxylic acids is 2. The zero-order chi connectivity index (χ0) is 15.1. The van der Waals surface area contributed by atoms with Gasteiger partial charge in [-0.25, -0.2) is 0 Å². The average molecular weight is 283 g/mol. The molecule has 5 heteroatoms. The van der Waals surface area contributed by atoms with Gasteiger partial charge in [0.2, 0.25) is 11.8 Å². The largest absolute Gasteiger partial charge is 0.356 e. The van der Waals surface area contributed by atoms with E-state index in [4.69, 9.17) is 5.73 Å². The lowest BCUT2D eigenvalue weighted by molar-refractivity contribution is -0.137. The zero-order valence-electron chi connectivity index (χ0n) is 13.0. The molecule has 3 unspecified atom stereocenters. The van der Waals surface area contributed by atoms with Crippen LogP contribution < -0.4 is 11.1 Å². The molecule has 5 nitrogen and oxygen atoms in total. The fraction of sp³-hybridized carbons (Fsp3) is 0.867. The summed E-state index contributed by atoms with van der Waals surface area (Å²) in [6, 6.07) is -0.447. The van der Waals surface area contributed by atoms with Gasteiger partial charge >= 0.3 is 0 Å². The van der Waals surface area contributed by atoms with E-state index in [0.29, 0.717) is 13.1 Å². The van der Waals surface area contributed by atoms with Crippen molar-refractivity contribution in [1.29, 1.82) is 0 Å². The number of likely N-dealkylation sites (tertiary alicyclic amines) is 1. The molecule has 116 valence electrons. The Labute approximate surface area is 122 Å². The van der Waals surface area contributed by atoms with Crippen LogP contribution in [0, 0.1) is 11.8 Å². The highest BCUT2D eigenvalue weighted by Gasteiger charge is 2.31. The summed E-state index contributed by atoms with van der Waals surface area (Å²) in [6.07, 6.45) is 3.56. The summed E-state index contributed by atoms with van der Waals surface area (Å²) >= 11 is 0. The zero-order valence-corrected chi connectivity index (χ0v) is 13.0. The maximum atomic E-state index is 12.3. The number of rotatable bonds is 6. The molecule has 0 spiro atoms. The van der Waals surface area contributed by atoms with Gasteiger partial charge in [0.1, 0.15) is 0 Å². The number of hydrogen-bond donors (Lipinski definition) is 2. The van der Waals surface area contributed by atoms with Crippen molar-refractivity contribution in [3.05, 3.63) is 0 Å². The van der Waals surface area contributed by atoms with Gasteiger partial charge in [0.15, 0.2) is 0 Å². The van der Waals surface area contributed by atoms with Crippen molar-refractivity contribution in [1.82, 2.24) is 10.2 Å². The number of hydrogen-bond acceptors (Lipinski definition) is 3. The first-order valence-electron chi connectivity index (χ1n) is 7.83. The van der Waals surface area contributed by atoms with Gasteiger partial charge in [0.05, 0.1) is 12.0 Å². The second-order valence-corrected chi connectivity index (χ2v) is 5.83. The van der Waals surface area contributed by atoms with E-state index in [2.05, 4.69) is 5.32 Å². The number of carbonyl (C=O) groups is 2. The number of nitrogens with zero attached hydrogens (tertiary/aromatic N) is 1. The fourth-order valence-electron chi connectivity index (χ4n) is 2.49. The summed E-state index contributed by atoms with van der Waals surface area (Å²) in [5, 5.41) is 2.92. The molecule has 3 atom stereocenters. The quantitative estimate of drug-likeness (QED) is 0.767. The van der Waals surface area contributed by atoms with E-state index in [9.17, 15) is 9.59 Å². The molecule has 1 heterocycles. The smallest absolute Gasteiger partial charge is 0.239 e. The van der Waals surface area contributed by atoms with Gasteiger partial charge in [-0.15, -0.1) is 0 Å². The van der Waals surface area contributed by atoms with Gasteiger partial charge in [-0.05, 0) is 25.2 Å². The molecule has 0 bridgehead atoms. The summed E-state index contributed by atoms with van der Waals surface area (Å²) in [6.45, 7) is 8.00. The van der Waals surface area contributed by atoms with Crippen molar-refractivity contribution in [3.8, 4) is 0 Å². The molecule has 0 aliphatic carbocycles. The van der Waals surface area contributed by atoms with Crippen LogP contribution in [-0.2, 0) is 9.59 Å². The monoisotopic (exact) mass is 283 g/mol. The molecule has 1 saturated heterocycles. The molecule has 2 amide bonds. The molecule has 1 aliphatic rings. The molecule has 0 saturated carbocycles. The van der Waals surface area contributed by atoms with Crippen LogP contribution in [0.25, 0.3) is 0 Å². The lowest BCUT2D eigenvalue weighted by atomic mass is 9.94. The van der Waals surface area contributed by atoms with Crippen LogP contribution in [0.1, 0.15) is 46.5 Å². The van der Waals surface area contributed by atoms with Gasteiger partial charge in [0.25, 0.3) is 0 Å². The first-order valence-corrected chi connectivity index (χ1v) is 7.83. The Kier molecular flexibility index (Phi) is 6.99. The van der Waals surface area contributed by atoms with Crippen LogP contribution >= 0.6 is 0 Å². The molecule has 0 aromatic heterocycles. The molecule has 1 rings (SSSR count). The van der Waals surface area contributed by atoms with Gasteiger partial charge in [-0.2, -0.15) is 0 Å². The summed E-state index contributed by atoms with van der Waals surface area (Å²) in [4.78, 5) is 26.1. The van der Waals surface area contributed by atoms with Gasteiger partial charge in [-0.1, -0.05) is 27.2 Å². The lowest BCUT2D eigenvalue weighted by Crippen LogP contribution is -2.52. The maximum Gasteiger partial charge on any atom is 0.239 e. The first-order chi connectivity index (χ1) is 9.51. The van der Waals surface area contributed by atoms with E-state index in [1.54, 1.807) is 4.90 Å². The van der Waals surface area contributed by atoms with E-state index in [1.165, 1.54) is 0 Å². The Balaban J connectivity index is 2.55. The Morgan fingerprint density at radius 3 is 2.70 bits per heavy atom. The van der Waals surface area contributed by atoms with Crippen LogP contribution in [-0.4, -0.2) is 42.4 Å². The standard InChI is InChI=1S/C15H29N3O2/c1-4-8-17-14(19)12-7-6-9-18(10-12)15(20)13(16)11(3)5-2/h11-13H,4-10,16H2,1-3H3,(H,17,19). The third kappa shape index (κ3) is 4.47. The topological polar surface area (TPSA) is 75.4 Å². The Morgan fingerprint density at radius 1 is 1.40 bits per heavy atom. The van der Waals surface area contributed by atoms with E-state index in [1.807, 2.05) is 20.8 Å². The summed E-state index contributed by atoms with van der Waals surface area (Å²) < 4.78 is 0. The molecular weight excluding hydrogens is 254 g/mol. The maximum absolute atomic E-state index is 12.3. The van der Waals surface area contributed by atoms with Crippen molar-refractivity contribution < 1.29 is 9.59 Å². The Hall–Kier alpha value is -1.10. The Bertz CT molecular complexity index is 333. The second-order valence-electron chi connectivity index (χ2n) is 5.83. The number of nitrogens with one attached hydrogen (secondary N) is 1.